The number of hydrogen-bond acceptors (Lipinski definition) is 5. The van der Waals surface area contributed by atoms with Gasteiger partial charge in [0.15, 0.2) is 5.82 Å². The third kappa shape index (κ3) is 4.69. The molecule has 2 aromatic rings. The Morgan fingerprint density at radius 2 is 2.00 bits per heavy atom. The Morgan fingerprint density at radius 1 is 1.30 bits per heavy atom. The van der Waals surface area contributed by atoms with Crippen LogP contribution in [0.2, 0.25) is 0 Å². The van der Waals surface area contributed by atoms with Gasteiger partial charge in [0.25, 0.3) is 10.0 Å². The summed E-state index contributed by atoms with van der Waals surface area (Å²) < 4.78 is 50.9. The molecule has 0 saturated heterocycles. The Kier molecular flexibility index (Phi) is 4.65. The molecule has 1 N–H and O–H groups in total. The summed E-state index contributed by atoms with van der Waals surface area (Å²) in [7, 11) is -4.09. The number of nitrogens with zero attached hydrogens (tertiary/aromatic N) is 1. The predicted molar refractivity (Wildman–Crippen MR) is 83.4 cm³/mol. The number of rotatable bonds is 5. The Labute approximate surface area is 134 Å². The van der Waals surface area contributed by atoms with E-state index in [1.807, 2.05) is 20.8 Å². The molecule has 23 heavy (non-hydrogen) atoms. The lowest BCUT2D eigenvalue weighted by molar-refractivity contribution is 0.197. The van der Waals surface area contributed by atoms with E-state index >= 15 is 0 Å². The van der Waals surface area contributed by atoms with Crippen molar-refractivity contribution in [3.63, 3.8) is 0 Å². The zero-order valence-electron chi connectivity index (χ0n) is 13.4. The van der Waals surface area contributed by atoms with E-state index in [-0.39, 0.29) is 17.0 Å². The molecular weight excluding hydrogens is 323 g/mol. The number of sulfonamides is 1. The summed E-state index contributed by atoms with van der Waals surface area (Å²) in [5.74, 6) is -0.193. The van der Waals surface area contributed by atoms with Gasteiger partial charge < -0.3 is 9.26 Å². The summed E-state index contributed by atoms with van der Waals surface area (Å²) in [6, 6.07) is 5.02. The van der Waals surface area contributed by atoms with E-state index in [0.29, 0.717) is 12.4 Å². The molecule has 0 saturated carbocycles. The molecule has 0 spiro atoms. The minimum absolute atomic E-state index is 0.00467. The topological polar surface area (TPSA) is 81.4 Å². The monoisotopic (exact) mass is 342 g/mol. The number of aromatic nitrogens is 1. The van der Waals surface area contributed by atoms with Crippen molar-refractivity contribution in [3.05, 3.63) is 35.8 Å². The van der Waals surface area contributed by atoms with Gasteiger partial charge in [-0.1, -0.05) is 25.9 Å². The van der Waals surface area contributed by atoms with Gasteiger partial charge in [-0.05, 0) is 24.5 Å². The summed E-state index contributed by atoms with van der Waals surface area (Å²) in [4.78, 5) is -0.485. The van der Waals surface area contributed by atoms with Crippen molar-refractivity contribution in [3.8, 4) is 5.75 Å². The molecule has 6 nitrogen and oxygen atoms in total. The fraction of sp³-hybridized carbons (Fsp3) is 0.400. The molecule has 0 aliphatic heterocycles. The maximum Gasteiger partial charge on any atom is 0.266 e. The van der Waals surface area contributed by atoms with E-state index in [1.165, 1.54) is 12.1 Å². The van der Waals surface area contributed by atoms with Gasteiger partial charge in [0.1, 0.15) is 22.2 Å². The molecule has 126 valence electrons. The Bertz CT molecular complexity index is 794. The van der Waals surface area contributed by atoms with E-state index < -0.39 is 20.7 Å². The molecule has 8 heteroatoms. The highest BCUT2D eigenvalue weighted by Gasteiger charge is 2.21. The molecule has 1 heterocycles. The van der Waals surface area contributed by atoms with Crippen LogP contribution in [0.3, 0.4) is 0 Å². The van der Waals surface area contributed by atoms with Crippen LogP contribution in [-0.4, -0.2) is 20.2 Å². The van der Waals surface area contributed by atoms with Gasteiger partial charge in [0.05, 0.1) is 6.61 Å². The van der Waals surface area contributed by atoms with Gasteiger partial charge in [-0.15, -0.1) is 0 Å². The van der Waals surface area contributed by atoms with Gasteiger partial charge in [-0.25, -0.2) is 12.8 Å². The first-order chi connectivity index (χ1) is 10.6. The third-order valence-electron chi connectivity index (χ3n) is 2.73. The van der Waals surface area contributed by atoms with Crippen LogP contribution in [0.25, 0.3) is 0 Å². The van der Waals surface area contributed by atoms with Crippen LogP contribution in [-0.2, 0) is 10.0 Å². The smallest absolute Gasteiger partial charge is 0.266 e. The molecule has 2 rings (SSSR count). The number of hydrogen-bond donors (Lipinski definition) is 1. The number of halogens is 1. The van der Waals surface area contributed by atoms with E-state index in [9.17, 15) is 12.8 Å². The Hall–Kier alpha value is -2.09. The number of aryl methyl sites for hydroxylation is 1. The largest absolute Gasteiger partial charge is 0.493 e. The van der Waals surface area contributed by atoms with Gasteiger partial charge in [-0.3, -0.25) is 4.72 Å². The predicted octanol–water partition coefficient (Wildman–Crippen LogP) is 3.35. The first-order valence-electron chi connectivity index (χ1n) is 6.95. The maximum absolute atomic E-state index is 14.1. The van der Waals surface area contributed by atoms with E-state index in [2.05, 4.69) is 9.88 Å². The minimum Gasteiger partial charge on any atom is -0.493 e. The molecule has 0 unspecified atom stereocenters. The molecule has 0 aliphatic rings. The van der Waals surface area contributed by atoms with Crippen LogP contribution in [0.15, 0.2) is 33.7 Å². The highest BCUT2D eigenvalue weighted by molar-refractivity contribution is 7.92. The number of benzene rings is 1. The van der Waals surface area contributed by atoms with Gasteiger partial charge in [0, 0.05) is 12.1 Å². The Balaban J connectivity index is 2.19. The molecule has 1 aromatic carbocycles. The number of anilines is 1. The van der Waals surface area contributed by atoms with E-state index in [0.717, 1.165) is 12.1 Å². The molecule has 1 aromatic heterocycles. The van der Waals surface area contributed by atoms with Crippen LogP contribution in [0.5, 0.6) is 5.75 Å². The van der Waals surface area contributed by atoms with Crippen molar-refractivity contribution in [2.24, 2.45) is 5.41 Å². The summed E-state index contributed by atoms with van der Waals surface area (Å²) in [5, 5.41) is 3.52. The lowest BCUT2D eigenvalue weighted by Gasteiger charge is -2.19. The summed E-state index contributed by atoms with van der Waals surface area (Å²) in [5.41, 5.74) is -0.0897. The average Bonchev–Trinajstić information content (AvgIpc) is 2.80. The molecule has 0 fully saturated rings. The Morgan fingerprint density at radius 3 is 2.52 bits per heavy atom. The fourth-order valence-corrected chi connectivity index (χ4v) is 2.74. The second kappa shape index (κ2) is 6.19. The van der Waals surface area contributed by atoms with Crippen molar-refractivity contribution < 1.29 is 22.1 Å². The molecule has 0 bridgehead atoms. The lowest BCUT2D eigenvalue weighted by atomic mass is 9.99. The molecular formula is C15H19FN2O4S. The standard InChI is InChI=1S/C15H19FN2O4S/c1-10-7-14(17-22-10)18-23(19,20)13-6-5-11(8-12(13)16)21-9-15(2,3)4/h5-8H,9H2,1-4H3,(H,17,18). The molecule has 0 aliphatic carbocycles. The van der Waals surface area contributed by atoms with Crippen LogP contribution in [0.1, 0.15) is 26.5 Å². The van der Waals surface area contributed by atoms with Crippen molar-refractivity contribution in [2.45, 2.75) is 32.6 Å². The summed E-state index contributed by atoms with van der Waals surface area (Å²) >= 11 is 0. The van der Waals surface area contributed by atoms with Gasteiger partial charge in [0.2, 0.25) is 0 Å². The summed E-state index contributed by atoms with van der Waals surface area (Å²) in [6.45, 7) is 7.94. The first-order valence-corrected chi connectivity index (χ1v) is 8.44. The summed E-state index contributed by atoms with van der Waals surface area (Å²) in [6.07, 6.45) is 0. The fourth-order valence-electron chi connectivity index (χ4n) is 1.70. The van der Waals surface area contributed by atoms with Crippen LogP contribution in [0, 0.1) is 18.2 Å². The minimum atomic E-state index is -4.09. The highest BCUT2D eigenvalue weighted by Crippen LogP contribution is 2.24. The first kappa shape index (κ1) is 17.3. The average molecular weight is 342 g/mol. The molecule has 0 amide bonds. The lowest BCUT2D eigenvalue weighted by Crippen LogP contribution is -2.17. The van der Waals surface area contributed by atoms with Crippen LogP contribution in [0.4, 0.5) is 10.2 Å². The highest BCUT2D eigenvalue weighted by atomic mass is 32.2. The van der Waals surface area contributed by atoms with Crippen LogP contribution >= 0.6 is 0 Å². The molecule has 0 atom stereocenters. The van der Waals surface area contributed by atoms with Crippen molar-refractivity contribution in [2.75, 3.05) is 11.3 Å². The van der Waals surface area contributed by atoms with Crippen LogP contribution < -0.4 is 9.46 Å². The maximum atomic E-state index is 14.1. The SMILES string of the molecule is Cc1cc(NS(=O)(=O)c2ccc(OCC(C)(C)C)cc2F)no1. The van der Waals surface area contributed by atoms with Crippen molar-refractivity contribution in [1.29, 1.82) is 0 Å². The second-order valence-corrected chi connectivity index (χ2v) is 8.02. The van der Waals surface area contributed by atoms with Crippen molar-refractivity contribution in [1.82, 2.24) is 5.16 Å². The third-order valence-corrected chi connectivity index (χ3v) is 4.12. The normalized spacial score (nSPS) is 12.2. The quantitative estimate of drug-likeness (QED) is 0.901. The number of nitrogens with one attached hydrogen (secondary N) is 1. The van der Waals surface area contributed by atoms with Gasteiger partial charge >= 0.3 is 0 Å². The van der Waals surface area contributed by atoms with Gasteiger partial charge in [-0.2, -0.15) is 0 Å². The number of ether oxygens (including phenoxy) is 1. The van der Waals surface area contributed by atoms with E-state index in [1.54, 1.807) is 6.92 Å². The zero-order valence-corrected chi connectivity index (χ0v) is 14.2. The molecule has 0 radical (unpaired) electrons. The second-order valence-electron chi connectivity index (χ2n) is 6.37. The van der Waals surface area contributed by atoms with E-state index in [4.69, 9.17) is 9.26 Å². The van der Waals surface area contributed by atoms with Crippen molar-refractivity contribution >= 4 is 15.8 Å². The zero-order chi connectivity index (χ0) is 17.3.